The number of nitrogens with two attached hydrogens (primary N) is 1. The van der Waals surface area contributed by atoms with E-state index in [4.69, 9.17) is 5.84 Å². The fourth-order valence-corrected chi connectivity index (χ4v) is 2.06. The van der Waals surface area contributed by atoms with Crippen molar-refractivity contribution < 1.29 is 0 Å². The summed E-state index contributed by atoms with van der Waals surface area (Å²) in [4.78, 5) is 9.05. The molecular formula is C14H17BrN4. The number of nitrogens with zero attached hydrogens (tertiary/aromatic N) is 2. The van der Waals surface area contributed by atoms with Crippen LogP contribution in [0, 0.1) is 0 Å². The molecule has 0 saturated carbocycles. The Morgan fingerprint density at radius 3 is 2.47 bits per heavy atom. The number of anilines is 1. The third kappa shape index (κ3) is 3.30. The van der Waals surface area contributed by atoms with E-state index in [0.29, 0.717) is 11.6 Å². The van der Waals surface area contributed by atoms with E-state index in [1.54, 1.807) is 0 Å². The summed E-state index contributed by atoms with van der Waals surface area (Å²) in [6.07, 6.45) is 0. The molecule has 19 heavy (non-hydrogen) atoms. The van der Waals surface area contributed by atoms with E-state index < -0.39 is 0 Å². The highest BCUT2D eigenvalue weighted by Crippen LogP contribution is 2.26. The average Bonchev–Trinajstić information content (AvgIpc) is 2.37. The van der Waals surface area contributed by atoms with E-state index in [9.17, 15) is 0 Å². The summed E-state index contributed by atoms with van der Waals surface area (Å²) in [6.45, 7) is 6.33. The number of nitrogens with one attached hydrogen (secondary N) is 1. The zero-order valence-electron chi connectivity index (χ0n) is 11.2. The van der Waals surface area contributed by atoms with Gasteiger partial charge in [0.2, 0.25) is 0 Å². The minimum Gasteiger partial charge on any atom is -0.308 e. The van der Waals surface area contributed by atoms with Gasteiger partial charge in [-0.05, 0) is 12.1 Å². The standard InChI is InChI=1S/C14H17BrN4/c1-14(2,3)11-8-12(19-16)18-13(17-11)9-5-4-6-10(15)7-9/h4-8H,16H2,1-3H3,(H,17,18,19). The minimum absolute atomic E-state index is 0.0602. The molecule has 0 fully saturated rings. The van der Waals surface area contributed by atoms with Gasteiger partial charge in [-0.1, -0.05) is 48.8 Å². The van der Waals surface area contributed by atoms with Crippen molar-refractivity contribution in [1.29, 1.82) is 0 Å². The predicted molar refractivity (Wildman–Crippen MR) is 81.7 cm³/mol. The first-order chi connectivity index (χ1) is 8.90. The molecule has 1 heterocycles. The molecule has 0 radical (unpaired) electrons. The first kappa shape index (κ1) is 14.0. The van der Waals surface area contributed by atoms with Crippen LogP contribution in [0.5, 0.6) is 0 Å². The van der Waals surface area contributed by atoms with Gasteiger partial charge in [-0.3, -0.25) is 0 Å². The number of hydrazine groups is 1. The van der Waals surface area contributed by atoms with Crippen molar-refractivity contribution in [3.63, 3.8) is 0 Å². The Bertz CT molecular complexity index is 590. The van der Waals surface area contributed by atoms with Crippen molar-refractivity contribution in [3.8, 4) is 11.4 Å². The lowest BCUT2D eigenvalue weighted by Gasteiger charge is -2.19. The molecule has 2 aromatic rings. The van der Waals surface area contributed by atoms with Gasteiger partial charge in [0.15, 0.2) is 5.82 Å². The normalized spacial score (nSPS) is 11.4. The van der Waals surface area contributed by atoms with Crippen LogP contribution in [0.25, 0.3) is 11.4 Å². The molecule has 0 amide bonds. The van der Waals surface area contributed by atoms with Crippen molar-refractivity contribution in [2.45, 2.75) is 26.2 Å². The lowest BCUT2D eigenvalue weighted by Crippen LogP contribution is -2.17. The maximum Gasteiger partial charge on any atom is 0.161 e. The van der Waals surface area contributed by atoms with E-state index in [2.05, 4.69) is 52.1 Å². The van der Waals surface area contributed by atoms with Crippen molar-refractivity contribution in [3.05, 3.63) is 40.5 Å². The van der Waals surface area contributed by atoms with E-state index in [1.165, 1.54) is 0 Å². The van der Waals surface area contributed by atoms with Crippen LogP contribution < -0.4 is 11.3 Å². The highest BCUT2D eigenvalue weighted by Gasteiger charge is 2.18. The summed E-state index contributed by atoms with van der Waals surface area (Å²) >= 11 is 3.46. The Hall–Kier alpha value is -1.46. The van der Waals surface area contributed by atoms with Gasteiger partial charge in [-0.2, -0.15) is 0 Å². The zero-order chi connectivity index (χ0) is 14.0. The lowest BCUT2D eigenvalue weighted by atomic mass is 9.92. The molecule has 0 aliphatic carbocycles. The highest BCUT2D eigenvalue weighted by molar-refractivity contribution is 9.10. The molecule has 0 bridgehead atoms. The molecular weight excluding hydrogens is 304 g/mol. The van der Waals surface area contributed by atoms with Crippen LogP contribution in [0.4, 0.5) is 5.82 Å². The number of benzene rings is 1. The summed E-state index contributed by atoms with van der Waals surface area (Å²) in [6, 6.07) is 9.78. The Balaban J connectivity index is 2.57. The topological polar surface area (TPSA) is 63.8 Å². The van der Waals surface area contributed by atoms with Gasteiger partial charge in [0.25, 0.3) is 0 Å². The molecule has 5 heteroatoms. The summed E-state index contributed by atoms with van der Waals surface area (Å²) in [5.41, 5.74) is 4.45. The Labute approximate surface area is 121 Å². The molecule has 3 N–H and O–H groups in total. The molecule has 0 atom stereocenters. The molecule has 2 rings (SSSR count). The smallest absolute Gasteiger partial charge is 0.161 e. The SMILES string of the molecule is CC(C)(C)c1cc(NN)nc(-c2cccc(Br)c2)n1. The van der Waals surface area contributed by atoms with Crippen molar-refractivity contribution in [1.82, 2.24) is 9.97 Å². The van der Waals surface area contributed by atoms with E-state index >= 15 is 0 Å². The first-order valence-electron chi connectivity index (χ1n) is 6.02. The second kappa shape index (κ2) is 5.27. The third-order valence-corrected chi connectivity index (χ3v) is 3.22. The van der Waals surface area contributed by atoms with Crippen molar-refractivity contribution in [2.24, 2.45) is 5.84 Å². The Kier molecular flexibility index (Phi) is 3.87. The minimum atomic E-state index is -0.0602. The van der Waals surface area contributed by atoms with Crippen molar-refractivity contribution >= 4 is 21.7 Å². The van der Waals surface area contributed by atoms with Crippen LogP contribution in [-0.4, -0.2) is 9.97 Å². The molecule has 100 valence electrons. The summed E-state index contributed by atoms with van der Waals surface area (Å²) in [5, 5.41) is 0. The maximum atomic E-state index is 5.49. The second-order valence-electron chi connectivity index (χ2n) is 5.37. The molecule has 0 unspecified atom stereocenters. The van der Waals surface area contributed by atoms with Crippen LogP contribution in [0.2, 0.25) is 0 Å². The van der Waals surface area contributed by atoms with E-state index in [-0.39, 0.29) is 5.41 Å². The van der Waals surface area contributed by atoms with Crippen LogP contribution in [-0.2, 0) is 5.41 Å². The van der Waals surface area contributed by atoms with E-state index in [0.717, 1.165) is 15.7 Å². The summed E-state index contributed by atoms with van der Waals surface area (Å²) in [5.74, 6) is 6.78. The largest absolute Gasteiger partial charge is 0.308 e. The van der Waals surface area contributed by atoms with Crippen molar-refractivity contribution in [2.75, 3.05) is 5.43 Å². The lowest BCUT2D eigenvalue weighted by molar-refractivity contribution is 0.568. The number of aromatic nitrogens is 2. The molecule has 4 nitrogen and oxygen atoms in total. The number of rotatable bonds is 2. The van der Waals surface area contributed by atoms with Gasteiger partial charge in [0.1, 0.15) is 5.82 Å². The predicted octanol–water partition coefficient (Wildman–Crippen LogP) is 3.49. The van der Waals surface area contributed by atoms with Gasteiger partial charge in [0.05, 0.1) is 5.69 Å². The second-order valence-corrected chi connectivity index (χ2v) is 6.28. The fourth-order valence-electron chi connectivity index (χ4n) is 1.66. The van der Waals surface area contributed by atoms with Crippen LogP contribution in [0.15, 0.2) is 34.8 Å². The van der Waals surface area contributed by atoms with Gasteiger partial charge >= 0.3 is 0 Å². The van der Waals surface area contributed by atoms with Gasteiger partial charge in [-0.25, -0.2) is 15.8 Å². The molecule has 0 aliphatic heterocycles. The van der Waals surface area contributed by atoms with Gasteiger partial charge in [-0.15, -0.1) is 0 Å². The first-order valence-corrected chi connectivity index (χ1v) is 6.81. The molecule has 0 aliphatic rings. The van der Waals surface area contributed by atoms with Crippen LogP contribution in [0.3, 0.4) is 0 Å². The quantitative estimate of drug-likeness (QED) is 0.656. The van der Waals surface area contributed by atoms with Gasteiger partial charge < -0.3 is 5.43 Å². The highest BCUT2D eigenvalue weighted by atomic mass is 79.9. The molecule has 1 aromatic carbocycles. The molecule has 0 spiro atoms. The Morgan fingerprint density at radius 1 is 1.16 bits per heavy atom. The Morgan fingerprint density at radius 2 is 1.89 bits per heavy atom. The zero-order valence-corrected chi connectivity index (χ0v) is 12.8. The number of halogens is 1. The number of nitrogen functional groups attached to an aromatic ring is 1. The molecule has 1 aromatic heterocycles. The average molecular weight is 321 g/mol. The number of hydrogen-bond acceptors (Lipinski definition) is 4. The monoisotopic (exact) mass is 320 g/mol. The van der Waals surface area contributed by atoms with Crippen LogP contribution >= 0.6 is 15.9 Å². The maximum absolute atomic E-state index is 5.49. The summed E-state index contributed by atoms with van der Waals surface area (Å²) in [7, 11) is 0. The van der Waals surface area contributed by atoms with Gasteiger partial charge in [0, 0.05) is 21.5 Å². The third-order valence-electron chi connectivity index (χ3n) is 2.73. The number of hydrogen-bond donors (Lipinski definition) is 2. The fraction of sp³-hybridized carbons (Fsp3) is 0.286. The summed E-state index contributed by atoms with van der Waals surface area (Å²) < 4.78 is 0.997. The van der Waals surface area contributed by atoms with E-state index in [1.807, 2.05) is 30.3 Å². The molecule has 0 saturated heterocycles. The van der Waals surface area contributed by atoms with Crippen LogP contribution in [0.1, 0.15) is 26.5 Å².